The Bertz CT molecular complexity index is 767. The number of carbonyl (C=O) groups is 1. The lowest BCUT2D eigenvalue weighted by Gasteiger charge is -2.35. The van der Waals surface area contributed by atoms with Gasteiger partial charge in [-0.25, -0.2) is 0 Å². The number of aryl methyl sites for hydroxylation is 1. The summed E-state index contributed by atoms with van der Waals surface area (Å²) in [5, 5.41) is 8.54. The molecule has 1 aliphatic carbocycles. The van der Waals surface area contributed by atoms with E-state index in [0.29, 0.717) is 6.42 Å². The van der Waals surface area contributed by atoms with Crippen LogP contribution >= 0.6 is 0 Å². The van der Waals surface area contributed by atoms with Gasteiger partial charge in [0.1, 0.15) is 12.1 Å². The monoisotopic (exact) mass is 368 g/mol. The molecule has 1 saturated carbocycles. The number of hydrogen-bond acceptors (Lipinski definition) is 4. The summed E-state index contributed by atoms with van der Waals surface area (Å²) in [5.74, 6) is 2.80. The van der Waals surface area contributed by atoms with E-state index < -0.39 is 0 Å². The van der Waals surface area contributed by atoms with Gasteiger partial charge in [0, 0.05) is 19.5 Å². The van der Waals surface area contributed by atoms with Gasteiger partial charge in [-0.15, -0.1) is 10.2 Å². The van der Waals surface area contributed by atoms with Crippen LogP contribution in [-0.2, 0) is 17.8 Å². The lowest BCUT2D eigenvalue weighted by atomic mass is 10.00. The van der Waals surface area contributed by atoms with E-state index in [4.69, 9.17) is 4.74 Å². The summed E-state index contributed by atoms with van der Waals surface area (Å²) in [5.41, 5.74) is 1.16. The maximum Gasteiger partial charge on any atom is 0.223 e. The number of hydrogen-bond donors (Lipinski definition) is 0. The van der Waals surface area contributed by atoms with Crippen molar-refractivity contribution in [2.75, 3.05) is 13.7 Å². The van der Waals surface area contributed by atoms with E-state index in [1.807, 2.05) is 35.5 Å². The molecule has 4 rings (SSSR count). The molecule has 1 aromatic carbocycles. The molecule has 6 heteroatoms. The maximum atomic E-state index is 13.0. The quantitative estimate of drug-likeness (QED) is 0.752. The summed E-state index contributed by atoms with van der Waals surface area (Å²) in [7, 11) is 1.66. The molecule has 144 valence electrons. The van der Waals surface area contributed by atoms with Gasteiger partial charge < -0.3 is 14.2 Å². The van der Waals surface area contributed by atoms with Crippen LogP contribution in [0.1, 0.15) is 56.0 Å². The number of nitrogens with zero attached hydrogens (tertiary/aromatic N) is 4. The van der Waals surface area contributed by atoms with E-state index in [9.17, 15) is 4.79 Å². The average Bonchev–Trinajstić information content (AvgIpc) is 3.41. The molecule has 1 atom stereocenters. The summed E-state index contributed by atoms with van der Waals surface area (Å²) in [6.45, 7) is 1.81. The Hall–Kier alpha value is -2.37. The second-order valence-corrected chi connectivity index (χ2v) is 7.73. The maximum absolute atomic E-state index is 13.0. The van der Waals surface area contributed by atoms with Crippen molar-refractivity contribution in [3.8, 4) is 5.75 Å². The highest BCUT2D eigenvalue weighted by Crippen LogP contribution is 2.34. The van der Waals surface area contributed by atoms with Crippen LogP contribution in [0.25, 0.3) is 0 Å². The fourth-order valence-corrected chi connectivity index (χ4v) is 3.93. The molecule has 2 heterocycles. The Kier molecular flexibility index (Phi) is 5.41. The van der Waals surface area contributed by atoms with Crippen molar-refractivity contribution in [3.05, 3.63) is 42.0 Å². The van der Waals surface area contributed by atoms with Gasteiger partial charge in [0.05, 0.1) is 13.2 Å². The third-order valence-corrected chi connectivity index (χ3v) is 5.71. The molecular formula is C21H28N4O2. The molecule has 1 unspecified atom stereocenters. The van der Waals surface area contributed by atoms with Gasteiger partial charge in [0.25, 0.3) is 0 Å². The van der Waals surface area contributed by atoms with E-state index in [0.717, 1.165) is 61.8 Å². The van der Waals surface area contributed by atoms with Crippen molar-refractivity contribution in [2.24, 2.45) is 5.92 Å². The molecule has 0 spiro atoms. The van der Waals surface area contributed by atoms with Gasteiger partial charge in [-0.3, -0.25) is 4.79 Å². The second kappa shape index (κ2) is 8.11. The molecule has 1 amide bonds. The molecule has 27 heavy (non-hydrogen) atoms. The highest BCUT2D eigenvalue weighted by molar-refractivity contribution is 5.77. The Morgan fingerprint density at radius 3 is 2.74 bits per heavy atom. The number of ether oxygens (including phenoxy) is 1. The van der Waals surface area contributed by atoms with Crippen LogP contribution in [0.5, 0.6) is 5.75 Å². The first-order chi connectivity index (χ1) is 13.2. The summed E-state index contributed by atoms with van der Waals surface area (Å²) >= 11 is 0. The Morgan fingerprint density at radius 2 is 2.00 bits per heavy atom. The molecule has 1 aromatic heterocycles. The lowest BCUT2D eigenvalue weighted by molar-refractivity contribution is -0.135. The predicted molar refractivity (Wildman–Crippen MR) is 102 cm³/mol. The van der Waals surface area contributed by atoms with Crippen LogP contribution in [0.15, 0.2) is 30.6 Å². The molecule has 0 N–H and O–H groups in total. The first kappa shape index (κ1) is 18.0. The number of rotatable bonds is 7. The summed E-state index contributed by atoms with van der Waals surface area (Å²) in [6.07, 6.45) is 8.91. The lowest BCUT2D eigenvalue weighted by Crippen LogP contribution is -2.39. The van der Waals surface area contributed by atoms with Crippen LogP contribution in [0.3, 0.4) is 0 Å². The molecule has 0 bridgehead atoms. The van der Waals surface area contributed by atoms with E-state index in [1.165, 1.54) is 12.8 Å². The largest absolute Gasteiger partial charge is 0.497 e. The molecule has 1 saturated heterocycles. The van der Waals surface area contributed by atoms with E-state index in [-0.39, 0.29) is 11.9 Å². The van der Waals surface area contributed by atoms with Crippen LogP contribution in [0.2, 0.25) is 0 Å². The van der Waals surface area contributed by atoms with Gasteiger partial charge in [-0.05, 0) is 62.1 Å². The van der Waals surface area contributed by atoms with Gasteiger partial charge in [-0.2, -0.15) is 0 Å². The van der Waals surface area contributed by atoms with Gasteiger partial charge in [0.15, 0.2) is 5.82 Å². The predicted octanol–water partition coefficient (Wildman–Crippen LogP) is 3.38. The molecule has 2 aliphatic rings. The van der Waals surface area contributed by atoms with Crippen LogP contribution in [-0.4, -0.2) is 39.2 Å². The van der Waals surface area contributed by atoms with Crippen molar-refractivity contribution >= 4 is 5.91 Å². The third-order valence-electron chi connectivity index (χ3n) is 5.71. The van der Waals surface area contributed by atoms with Crippen molar-refractivity contribution in [1.82, 2.24) is 19.7 Å². The van der Waals surface area contributed by atoms with Gasteiger partial charge >= 0.3 is 0 Å². The molecule has 6 nitrogen and oxygen atoms in total. The number of carbonyl (C=O) groups excluding carboxylic acids is 1. The number of methoxy groups -OCH3 is 1. The fraction of sp³-hybridized carbons (Fsp3) is 0.571. The van der Waals surface area contributed by atoms with Crippen molar-refractivity contribution in [2.45, 2.75) is 57.5 Å². The fourth-order valence-electron chi connectivity index (χ4n) is 3.93. The topological polar surface area (TPSA) is 60.2 Å². The number of piperidine rings is 1. The van der Waals surface area contributed by atoms with E-state index >= 15 is 0 Å². The number of aromatic nitrogens is 3. The van der Waals surface area contributed by atoms with E-state index in [1.54, 1.807) is 7.11 Å². The highest BCUT2D eigenvalue weighted by Gasteiger charge is 2.32. The zero-order valence-electron chi connectivity index (χ0n) is 16.0. The molecule has 0 radical (unpaired) electrons. The number of amides is 1. The Labute approximate surface area is 160 Å². The van der Waals surface area contributed by atoms with Crippen molar-refractivity contribution in [3.63, 3.8) is 0 Å². The molecule has 1 aliphatic heterocycles. The van der Waals surface area contributed by atoms with Gasteiger partial charge in [0.2, 0.25) is 5.91 Å². The first-order valence-corrected chi connectivity index (χ1v) is 10.0. The zero-order valence-corrected chi connectivity index (χ0v) is 16.0. The number of likely N-dealkylation sites (tertiary alicyclic amines) is 1. The minimum absolute atomic E-state index is 0.0726. The van der Waals surface area contributed by atoms with Gasteiger partial charge in [-0.1, -0.05) is 12.1 Å². The standard InChI is InChI=1S/C21H28N4O2/c1-27-18-10-7-16(8-11-18)9-12-20(26)25-13-3-2-4-19(25)21-23-22-15-24(21)14-17-5-6-17/h7-8,10-11,15,17,19H,2-6,9,12-14H2,1H3. The van der Waals surface area contributed by atoms with Crippen LogP contribution < -0.4 is 4.74 Å². The molecular weight excluding hydrogens is 340 g/mol. The summed E-state index contributed by atoms with van der Waals surface area (Å²) < 4.78 is 7.38. The highest BCUT2D eigenvalue weighted by atomic mass is 16.5. The molecule has 2 fully saturated rings. The normalized spacial score (nSPS) is 19.9. The second-order valence-electron chi connectivity index (χ2n) is 7.73. The smallest absolute Gasteiger partial charge is 0.223 e. The third kappa shape index (κ3) is 4.31. The van der Waals surface area contributed by atoms with Crippen LogP contribution in [0.4, 0.5) is 0 Å². The van der Waals surface area contributed by atoms with Crippen molar-refractivity contribution < 1.29 is 9.53 Å². The van der Waals surface area contributed by atoms with Crippen molar-refractivity contribution in [1.29, 1.82) is 0 Å². The summed E-state index contributed by atoms with van der Waals surface area (Å²) in [4.78, 5) is 15.0. The Morgan fingerprint density at radius 1 is 1.19 bits per heavy atom. The summed E-state index contributed by atoms with van der Waals surface area (Å²) in [6, 6.07) is 8.04. The van der Waals surface area contributed by atoms with Crippen LogP contribution in [0, 0.1) is 5.92 Å². The minimum atomic E-state index is 0.0726. The first-order valence-electron chi connectivity index (χ1n) is 10.0. The number of benzene rings is 1. The molecule has 2 aromatic rings. The van der Waals surface area contributed by atoms with E-state index in [2.05, 4.69) is 14.8 Å². The SMILES string of the molecule is COc1ccc(CCC(=O)N2CCCCC2c2nncn2CC2CC2)cc1. The Balaban J connectivity index is 1.42. The zero-order chi connectivity index (χ0) is 18.6. The average molecular weight is 368 g/mol. The minimum Gasteiger partial charge on any atom is -0.497 e.